The Bertz CT molecular complexity index is 485. The van der Waals surface area contributed by atoms with E-state index >= 15 is 0 Å². The fourth-order valence-electron chi connectivity index (χ4n) is 1.32. The van der Waals surface area contributed by atoms with Gasteiger partial charge in [0.05, 0.1) is 12.4 Å². The fourth-order valence-corrected chi connectivity index (χ4v) is 2.21. The Hall–Kier alpha value is -1.55. The second-order valence-electron chi connectivity index (χ2n) is 3.41. The zero-order valence-corrected chi connectivity index (χ0v) is 10.1. The van der Waals surface area contributed by atoms with Gasteiger partial charge in [-0.3, -0.25) is 4.98 Å². The molecule has 4 heteroatoms. The van der Waals surface area contributed by atoms with Crippen LogP contribution in [0.1, 0.15) is 5.56 Å². The van der Waals surface area contributed by atoms with Crippen LogP contribution in [0.25, 0.3) is 0 Å². The number of hydrogen-bond acceptors (Lipinski definition) is 4. The first kappa shape index (κ1) is 11.0. The lowest BCUT2D eigenvalue weighted by Crippen LogP contribution is -1.93. The molecule has 1 aromatic carbocycles. The number of aromatic nitrogens is 2. The molecule has 3 nitrogen and oxygen atoms in total. The van der Waals surface area contributed by atoms with Gasteiger partial charge in [-0.15, -0.1) is 0 Å². The maximum atomic E-state index is 4.41. The summed E-state index contributed by atoms with van der Waals surface area (Å²) in [5, 5.41) is 3.88. The summed E-state index contributed by atoms with van der Waals surface area (Å²) in [7, 11) is 1.84. The van der Waals surface area contributed by atoms with Crippen molar-refractivity contribution in [1.82, 2.24) is 9.97 Å². The molecule has 82 valence electrons. The van der Waals surface area contributed by atoms with Gasteiger partial charge in [-0.25, -0.2) is 4.98 Å². The Morgan fingerprint density at radius 3 is 2.88 bits per heavy atom. The molecule has 0 atom stereocenters. The lowest BCUT2D eigenvalue weighted by molar-refractivity contribution is 1.05. The van der Waals surface area contributed by atoms with Crippen molar-refractivity contribution in [3.8, 4) is 0 Å². The van der Waals surface area contributed by atoms with Crippen LogP contribution in [0.15, 0.2) is 46.6 Å². The molecule has 2 aromatic rings. The third-order valence-corrected chi connectivity index (χ3v) is 2.98. The second kappa shape index (κ2) is 4.99. The average molecular weight is 231 g/mol. The molecular weight excluding hydrogens is 218 g/mol. The van der Waals surface area contributed by atoms with E-state index < -0.39 is 0 Å². The highest BCUT2D eigenvalue weighted by Gasteiger charge is 2.00. The molecule has 0 unspecified atom stereocenters. The first-order valence-corrected chi connectivity index (χ1v) is 5.84. The second-order valence-corrected chi connectivity index (χ2v) is 4.50. The van der Waals surface area contributed by atoms with Gasteiger partial charge in [-0.1, -0.05) is 29.5 Å². The third-order valence-electron chi connectivity index (χ3n) is 2.08. The van der Waals surface area contributed by atoms with E-state index in [1.807, 2.05) is 13.1 Å². The van der Waals surface area contributed by atoms with Gasteiger partial charge < -0.3 is 5.32 Å². The minimum Gasteiger partial charge on any atom is -0.372 e. The van der Waals surface area contributed by atoms with Crippen LogP contribution in [0.4, 0.5) is 5.82 Å². The highest BCUT2D eigenvalue weighted by molar-refractivity contribution is 7.99. The minimum atomic E-state index is 0.789. The van der Waals surface area contributed by atoms with Crippen molar-refractivity contribution in [2.24, 2.45) is 0 Å². The maximum absolute atomic E-state index is 4.41. The third kappa shape index (κ3) is 2.73. The Kier molecular flexibility index (Phi) is 3.41. The molecule has 1 heterocycles. The Morgan fingerprint density at radius 1 is 1.25 bits per heavy atom. The summed E-state index contributed by atoms with van der Waals surface area (Å²) in [6.07, 6.45) is 3.48. The molecular formula is C12H13N3S. The summed E-state index contributed by atoms with van der Waals surface area (Å²) in [5.74, 6) is 0.789. The number of nitrogens with zero attached hydrogens (tertiary/aromatic N) is 2. The monoisotopic (exact) mass is 231 g/mol. The number of anilines is 1. The molecule has 2 rings (SSSR count). The lowest BCUT2D eigenvalue weighted by atomic mass is 10.2. The van der Waals surface area contributed by atoms with E-state index in [2.05, 4.69) is 40.4 Å². The van der Waals surface area contributed by atoms with Crippen molar-refractivity contribution in [3.05, 3.63) is 42.2 Å². The highest BCUT2D eigenvalue weighted by atomic mass is 32.2. The quantitative estimate of drug-likeness (QED) is 0.881. The van der Waals surface area contributed by atoms with E-state index in [-0.39, 0.29) is 0 Å². The summed E-state index contributed by atoms with van der Waals surface area (Å²) in [6.45, 7) is 2.08. The highest BCUT2D eigenvalue weighted by Crippen LogP contribution is 2.26. The fraction of sp³-hybridized carbons (Fsp3) is 0.167. The van der Waals surface area contributed by atoms with Gasteiger partial charge in [0.25, 0.3) is 0 Å². The van der Waals surface area contributed by atoms with Crippen LogP contribution in [0.5, 0.6) is 0 Å². The number of rotatable bonds is 3. The number of nitrogens with one attached hydrogen (secondary N) is 1. The van der Waals surface area contributed by atoms with Crippen molar-refractivity contribution in [2.45, 2.75) is 16.8 Å². The molecule has 0 aliphatic heterocycles. The van der Waals surface area contributed by atoms with Crippen LogP contribution in [-0.2, 0) is 0 Å². The van der Waals surface area contributed by atoms with Crippen molar-refractivity contribution < 1.29 is 0 Å². The first-order chi connectivity index (χ1) is 7.78. The smallest absolute Gasteiger partial charge is 0.145 e. The van der Waals surface area contributed by atoms with Crippen LogP contribution in [0, 0.1) is 6.92 Å². The van der Waals surface area contributed by atoms with Gasteiger partial charge in [-0.05, 0) is 19.1 Å². The van der Waals surface area contributed by atoms with E-state index in [4.69, 9.17) is 0 Å². The van der Waals surface area contributed by atoms with E-state index in [1.54, 1.807) is 24.2 Å². The first-order valence-electron chi connectivity index (χ1n) is 5.02. The molecule has 0 aliphatic rings. The van der Waals surface area contributed by atoms with E-state index in [1.165, 1.54) is 10.5 Å². The van der Waals surface area contributed by atoms with Crippen LogP contribution in [0.3, 0.4) is 0 Å². The molecule has 0 amide bonds. The van der Waals surface area contributed by atoms with Crippen LogP contribution >= 0.6 is 11.8 Å². The molecule has 0 aliphatic carbocycles. The largest absolute Gasteiger partial charge is 0.372 e. The van der Waals surface area contributed by atoms with Crippen molar-refractivity contribution in [2.75, 3.05) is 12.4 Å². The van der Waals surface area contributed by atoms with Crippen LogP contribution in [-0.4, -0.2) is 17.0 Å². The Labute approximate surface area is 99.3 Å². The molecule has 0 spiro atoms. The normalized spacial score (nSPS) is 10.1. The molecule has 0 fully saturated rings. The molecule has 16 heavy (non-hydrogen) atoms. The number of benzene rings is 1. The van der Waals surface area contributed by atoms with Crippen LogP contribution in [0.2, 0.25) is 0 Å². The SMILES string of the molecule is CNc1cncc(Sc2cccc(C)c2)n1. The van der Waals surface area contributed by atoms with Crippen molar-refractivity contribution in [1.29, 1.82) is 0 Å². The molecule has 1 N–H and O–H groups in total. The van der Waals surface area contributed by atoms with E-state index in [9.17, 15) is 0 Å². The summed E-state index contributed by atoms with van der Waals surface area (Å²) in [6, 6.07) is 8.34. The summed E-state index contributed by atoms with van der Waals surface area (Å²) < 4.78 is 0. The van der Waals surface area contributed by atoms with Gasteiger partial charge in [0, 0.05) is 11.9 Å². The molecule has 0 saturated carbocycles. The topological polar surface area (TPSA) is 37.8 Å². The average Bonchev–Trinajstić information content (AvgIpc) is 2.29. The zero-order valence-electron chi connectivity index (χ0n) is 9.27. The summed E-state index contributed by atoms with van der Waals surface area (Å²) in [5.41, 5.74) is 1.25. The predicted molar refractivity (Wildman–Crippen MR) is 66.9 cm³/mol. The van der Waals surface area contributed by atoms with Crippen molar-refractivity contribution >= 4 is 17.6 Å². The van der Waals surface area contributed by atoms with E-state index in [0.717, 1.165) is 10.8 Å². The number of hydrogen-bond donors (Lipinski definition) is 1. The molecule has 0 radical (unpaired) electrons. The van der Waals surface area contributed by atoms with E-state index in [0.29, 0.717) is 0 Å². The van der Waals surface area contributed by atoms with Crippen molar-refractivity contribution in [3.63, 3.8) is 0 Å². The van der Waals surface area contributed by atoms with Gasteiger partial charge in [-0.2, -0.15) is 0 Å². The summed E-state index contributed by atoms with van der Waals surface area (Å²) >= 11 is 1.62. The minimum absolute atomic E-state index is 0.789. The maximum Gasteiger partial charge on any atom is 0.145 e. The van der Waals surface area contributed by atoms with Crippen LogP contribution < -0.4 is 5.32 Å². The lowest BCUT2D eigenvalue weighted by Gasteiger charge is -2.03. The standard InChI is InChI=1S/C12H13N3S/c1-9-4-3-5-10(6-9)16-12-8-14-7-11(13-2)15-12/h3-8H,1-2H3,(H,13,15). The Balaban J connectivity index is 2.20. The zero-order chi connectivity index (χ0) is 11.4. The van der Waals surface area contributed by atoms with Gasteiger partial charge in [0.2, 0.25) is 0 Å². The van der Waals surface area contributed by atoms with Gasteiger partial charge >= 0.3 is 0 Å². The Morgan fingerprint density at radius 2 is 2.12 bits per heavy atom. The summed E-state index contributed by atoms with van der Waals surface area (Å²) in [4.78, 5) is 9.72. The number of aryl methyl sites for hydroxylation is 1. The van der Waals surface area contributed by atoms with Gasteiger partial charge in [0.1, 0.15) is 10.8 Å². The molecule has 1 aromatic heterocycles. The molecule has 0 bridgehead atoms. The van der Waals surface area contributed by atoms with Gasteiger partial charge in [0.15, 0.2) is 0 Å². The molecule has 0 saturated heterocycles. The predicted octanol–water partition coefficient (Wildman–Crippen LogP) is 2.98.